The highest BCUT2D eigenvalue weighted by Gasteiger charge is 2.12. The van der Waals surface area contributed by atoms with Crippen molar-refractivity contribution in [2.45, 2.75) is 30.6 Å². The molecule has 0 N–H and O–H groups in total. The van der Waals surface area contributed by atoms with Crippen molar-refractivity contribution in [1.82, 2.24) is 0 Å². The second-order valence-corrected chi connectivity index (χ2v) is 5.79. The van der Waals surface area contributed by atoms with Gasteiger partial charge >= 0.3 is 0 Å². The maximum absolute atomic E-state index is 2.29. The summed E-state index contributed by atoms with van der Waals surface area (Å²) < 4.78 is 0. The molecule has 2 heteroatoms. The van der Waals surface area contributed by atoms with Gasteiger partial charge in [-0.2, -0.15) is 0 Å². The zero-order chi connectivity index (χ0) is 9.10. The van der Waals surface area contributed by atoms with Crippen molar-refractivity contribution in [3.8, 4) is 0 Å². The number of hydrogen-bond donors (Lipinski definition) is 0. The van der Waals surface area contributed by atoms with Gasteiger partial charge in [-0.25, -0.2) is 0 Å². The fraction of sp³-hybridized carbons (Fsp3) is 0.455. The summed E-state index contributed by atoms with van der Waals surface area (Å²) in [5.74, 6) is 0. The molecule has 70 valence electrons. The van der Waals surface area contributed by atoms with E-state index in [9.17, 15) is 0 Å². The molecule has 0 saturated heterocycles. The predicted molar refractivity (Wildman–Crippen MR) is 62.5 cm³/mol. The fourth-order valence-corrected chi connectivity index (χ4v) is 3.57. The first-order valence-electron chi connectivity index (χ1n) is 4.73. The molecule has 0 nitrogen and oxygen atoms in total. The van der Waals surface area contributed by atoms with Crippen molar-refractivity contribution in [1.29, 1.82) is 0 Å². The van der Waals surface area contributed by atoms with Gasteiger partial charge in [-0.1, -0.05) is 33.7 Å². The summed E-state index contributed by atoms with van der Waals surface area (Å²) in [4.78, 5) is 1.49. The number of fused-ring (bicyclic) bond motifs is 1. The molecule has 0 aromatic heterocycles. The summed E-state index contributed by atoms with van der Waals surface area (Å²) in [7, 11) is 3.75. The monoisotopic (exact) mass is 210 g/mol. The first-order chi connectivity index (χ1) is 6.42. The molecule has 1 aromatic carbocycles. The van der Waals surface area contributed by atoms with Gasteiger partial charge in [-0.3, -0.25) is 0 Å². The SMILES string of the molecule is CSSc1cccc2c1CCCC2. The van der Waals surface area contributed by atoms with Crippen LogP contribution in [-0.4, -0.2) is 6.26 Å². The van der Waals surface area contributed by atoms with Crippen LogP contribution >= 0.6 is 21.6 Å². The molecule has 1 aliphatic rings. The molecule has 0 fully saturated rings. The predicted octanol–water partition coefficient (Wildman–Crippen LogP) is 3.94. The molecule has 0 radical (unpaired) electrons. The van der Waals surface area contributed by atoms with Gasteiger partial charge in [0.05, 0.1) is 0 Å². The lowest BCUT2D eigenvalue weighted by Crippen LogP contribution is -2.03. The summed E-state index contributed by atoms with van der Waals surface area (Å²) in [5, 5.41) is 0. The average Bonchev–Trinajstić information content (AvgIpc) is 2.19. The molecule has 13 heavy (non-hydrogen) atoms. The van der Waals surface area contributed by atoms with E-state index in [2.05, 4.69) is 24.5 Å². The highest BCUT2D eigenvalue weighted by molar-refractivity contribution is 8.76. The molecule has 0 spiro atoms. The highest BCUT2D eigenvalue weighted by atomic mass is 33.1. The normalized spacial score (nSPS) is 15.5. The number of rotatable bonds is 2. The van der Waals surface area contributed by atoms with Crippen molar-refractivity contribution in [2.75, 3.05) is 6.26 Å². The molecule has 0 heterocycles. The van der Waals surface area contributed by atoms with Crippen molar-refractivity contribution in [3.05, 3.63) is 29.3 Å². The van der Waals surface area contributed by atoms with Gasteiger partial charge in [0, 0.05) is 4.90 Å². The summed E-state index contributed by atoms with van der Waals surface area (Å²) in [5.41, 5.74) is 3.21. The van der Waals surface area contributed by atoms with E-state index in [1.54, 1.807) is 11.1 Å². The van der Waals surface area contributed by atoms with Crippen LogP contribution in [0.3, 0.4) is 0 Å². The van der Waals surface area contributed by atoms with Crippen LogP contribution in [0.15, 0.2) is 23.1 Å². The molecule has 0 amide bonds. The van der Waals surface area contributed by atoms with Gasteiger partial charge in [-0.15, -0.1) is 0 Å². The van der Waals surface area contributed by atoms with Crippen molar-refractivity contribution in [2.24, 2.45) is 0 Å². The maximum atomic E-state index is 2.29. The zero-order valence-electron chi connectivity index (χ0n) is 7.88. The Bertz CT molecular complexity index is 294. The Morgan fingerprint density at radius 3 is 2.85 bits per heavy atom. The molecular formula is C11H14S2. The van der Waals surface area contributed by atoms with Crippen LogP contribution in [0.2, 0.25) is 0 Å². The molecule has 0 unspecified atom stereocenters. The van der Waals surface area contributed by atoms with Crippen LogP contribution < -0.4 is 0 Å². The Hall–Kier alpha value is -0.0800. The lowest BCUT2D eigenvalue weighted by molar-refractivity contribution is 0.676. The van der Waals surface area contributed by atoms with E-state index < -0.39 is 0 Å². The van der Waals surface area contributed by atoms with Gasteiger partial charge < -0.3 is 0 Å². The van der Waals surface area contributed by atoms with Crippen LogP contribution in [-0.2, 0) is 12.8 Å². The van der Waals surface area contributed by atoms with E-state index in [0.29, 0.717) is 0 Å². The van der Waals surface area contributed by atoms with Crippen molar-refractivity contribution in [3.63, 3.8) is 0 Å². The minimum absolute atomic E-state index is 1.29. The Kier molecular flexibility index (Phi) is 3.23. The lowest BCUT2D eigenvalue weighted by Gasteiger charge is -2.18. The van der Waals surface area contributed by atoms with Crippen LogP contribution in [0, 0.1) is 0 Å². The molecule has 0 saturated carbocycles. The topological polar surface area (TPSA) is 0 Å². The Morgan fingerprint density at radius 2 is 2.00 bits per heavy atom. The Labute approximate surface area is 87.9 Å². The highest BCUT2D eigenvalue weighted by Crippen LogP contribution is 2.35. The van der Waals surface area contributed by atoms with E-state index in [4.69, 9.17) is 0 Å². The first-order valence-corrected chi connectivity index (χ1v) is 7.29. The number of benzene rings is 1. The summed E-state index contributed by atoms with van der Waals surface area (Å²) in [6, 6.07) is 6.74. The molecule has 0 aliphatic heterocycles. The molecule has 0 atom stereocenters. The second kappa shape index (κ2) is 4.43. The quantitative estimate of drug-likeness (QED) is 0.678. The third kappa shape index (κ3) is 2.05. The average molecular weight is 210 g/mol. The third-order valence-electron chi connectivity index (χ3n) is 2.53. The van der Waals surface area contributed by atoms with Gasteiger partial charge in [0.15, 0.2) is 0 Å². The van der Waals surface area contributed by atoms with E-state index in [0.717, 1.165) is 0 Å². The molecular weight excluding hydrogens is 196 g/mol. The van der Waals surface area contributed by atoms with Gasteiger partial charge in [-0.05, 0) is 49.1 Å². The summed E-state index contributed by atoms with van der Waals surface area (Å²) >= 11 is 0. The van der Waals surface area contributed by atoms with E-state index in [-0.39, 0.29) is 0 Å². The third-order valence-corrected chi connectivity index (χ3v) is 4.29. The fourth-order valence-electron chi connectivity index (χ4n) is 1.91. The van der Waals surface area contributed by atoms with E-state index in [1.165, 1.54) is 30.6 Å². The first kappa shape index (κ1) is 9.47. The van der Waals surface area contributed by atoms with E-state index in [1.807, 2.05) is 21.6 Å². The largest absolute Gasteiger partial charge is 0.0924 e. The smallest absolute Gasteiger partial charge is 0.0217 e. The van der Waals surface area contributed by atoms with Crippen molar-refractivity contribution < 1.29 is 0 Å². The minimum Gasteiger partial charge on any atom is -0.0924 e. The van der Waals surface area contributed by atoms with Gasteiger partial charge in [0.25, 0.3) is 0 Å². The second-order valence-electron chi connectivity index (χ2n) is 3.35. The number of hydrogen-bond acceptors (Lipinski definition) is 2. The zero-order valence-corrected chi connectivity index (χ0v) is 9.51. The molecule has 0 bridgehead atoms. The summed E-state index contributed by atoms with van der Waals surface area (Å²) in [6.07, 6.45) is 7.48. The maximum Gasteiger partial charge on any atom is 0.0217 e. The Morgan fingerprint density at radius 1 is 1.15 bits per heavy atom. The van der Waals surface area contributed by atoms with Gasteiger partial charge in [0.1, 0.15) is 0 Å². The minimum atomic E-state index is 1.29. The molecule has 2 rings (SSSR count). The summed E-state index contributed by atoms with van der Waals surface area (Å²) in [6.45, 7) is 0. The van der Waals surface area contributed by atoms with Crippen LogP contribution in [0.5, 0.6) is 0 Å². The Balaban J connectivity index is 2.34. The van der Waals surface area contributed by atoms with Crippen LogP contribution in [0.25, 0.3) is 0 Å². The van der Waals surface area contributed by atoms with E-state index >= 15 is 0 Å². The van der Waals surface area contributed by atoms with Crippen molar-refractivity contribution >= 4 is 21.6 Å². The van der Waals surface area contributed by atoms with Gasteiger partial charge in [0.2, 0.25) is 0 Å². The van der Waals surface area contributed by atoms with Crippen LogP contribution in [0.4, 0.5) is 0 Å². The lowest BCUT2D eigenvalue weighted by atomic mass is 9.92. The molecule has 1 aliphatic carbocycles. The standard InChI is InChI=1S/C11H14S2/c1-12-13-11-8-4-6-9-5-2-3-7-10(9)11/h4,6,8H,2-3,5,7H2,1H3. The number of aryl methyl sites for hydroxylation is 1. The van der Waals surface area contributed by atoms with Crippen LogP contribution in [0.1, 0.15) is 24.0 Å². The molecule has 1 aromatic rings.